The van der Waals surface area contributed by atoms with E-state index in [2.05, 4.69) is 16.7 Å². The number of rotatable bonds is 4. The van der Waals surface area contributed by atoms with Crippen molar-refractivity contribution in [2.45, 2.75) is 12.8 Å². The van der Waals surface area contributed by atoms with Crippen LogP contribution in [0.1, 0.15) is 22.6 Å². The monoisotopic (exact) mass is 443 g/mol. The molecule has 2 amide bonds. The molecule has 0 aliphatic rings. The van der Waals surface area contributed by atoms with Crippen LogP contribution >= 0.6 is 34.8 Å². The zero-order chi connectivity index (χ0) is 21.0. The molecular weight excluding hydrogens is 429 g/mol. The quantitative estimate of drug-likeness (QED) is 0.445. The van der Waals surface area contributed by atoms with Gasteiger partial charge < -0.3 is 10.6 Å². The molecule has 0 fully saturated rings. The summed E-state index contributed by atoms with van der Waals surface area (Å²) in [4.78, 5) is 12.3. The van der Waals surface area contributed by atoms with E-state index >= 15 is 0 Å². The van der Waals surface area contributed by atoms with Crippen LogP contribution in [0.2, 0.25) is 15.1 Å². The van der Waals surface area contributed by atoms with Gasteiger partial charge in [0, 0.05) is 26.4 Å². The van der Waals surface area contributed by atoms with Crippen LogP contribution in [0, 0.1) is 18.3 Å². The highest BCUT2D eigenvalue weighted by atomic mass is 35.5. The Labute approximate surface area is 184 Å². The first kappa shape index (κ1) is 21.0. The summed E-state index contributed by atoms with van der Waals surface area (Å²) < 4.78 is 0. The molecule has 2 N–H and O–H groups in total. The van der Waals surface area contributed by atoms with Crippen molar-refractivity contribution in [3.63, 3.8) is 0 Å². The van der Waals surface area contributed by atoms with Gasteiger partial charge in [-0.1, -0.05) is 53.0 Å². The van der Waals surface area contributed by atoms with E-state index in [4.69, 9.17) is 34.8 Å². The number of nitriles is 1. The lowest BCUT2D eigenvalue weighted by atomic mass is 9.91. The Morgan fingerprint density at radius 1 is 0.931 bits per heavy atom. The van der Waals surface area contributed by atoms with Gasteiger partial charge in [-0.3, -0.25) is 0 Å². The molecule has 0 aliphatic carbocycles. The van der Waals surface area contributed by atoms with Gasteiger partial charge in [0.1, 0.15) is 0 Å². The third-order valence-corrected chi connectivity index (χ3v) is 5.17. The van der Waals surface area contributed by atoms with Gasteiger partial charge in [0.05, 0.1) is 12.0 Å². The summed E-state index contributed by atoms with van der Waals surface area (Å²) in [5.74, 6) is -0.546. The molecule has 3 aromatic rings. The van der Waals surface area contributed by atoms with E-state index in [1.54, 1.807) is 54.6 Å². The summed E-state index contributed by atoms with van der Waals surface area (Å²) >= 11 is 18.2. The third-order valence-electron chi connectivity index (χ3n) is 4.34. The molecule has 1 atom stereocenters. The Kier molecular flexibility index (Phi) is 6.66. The first-order valence-corrected chi connectivity index (χ1v) is 9.79. The van der Waals surface area contributed by atoms with Crippen molar-refractivity contribution in [2.75, 3.05) is 10.6 Å². The molecule has 0 aliphatic heterocycles. The van der Waals surface area contributed by atoms with E-state index in [9.17, 15) is 10.1 Å². The summed E-state index contributed by atoms with van der Waals surface area (Å²) in [6, 6.07) is 19.2. The van der Waals surface area contributed by atoms with Crippen LogP contribution in [0.5, 0.6) is 0 Å². The molecule has 3 rings (SSSR count). The Hall–Kier alpha value is -2.71. The molecule has 146 valence electrons. The van der Waals surface area contributed by atoms with Crippen molar-refractivity contribution < 1.29 is 4.79 Å². The molecule has 0 saturated heterocycles. The first-order chi connectivity index (χ1) is 13.9. The van der Waals surface area contributed by atoms with E-state index in [1.165, 1.54) is 0 Å². The molecular formula is C22H16Cl3N3O. The van der Waals surface area contributed by atoms with Crippen LogP contribution in [-0.4, -0.2) is 6.03 Å². The minimum atomic E-state index is -0.546. The number of carbonyl (C=O) groups excluding carboxylic acids is 1. The number of aryl methyl sites for hydroxylation is 1. The van der Waals surface area contributed by atoms with Crippen molar-refractivity contribution in [2.24, 2.45) is 0 Å². The highest BCUT2D eigenvalue weighted by molar-refractivity contribution is 6.32. The van der Waals surface area contributed by atoms with Gasteiger partial charge in [-0.25, -0.2) is 4.79 Å². The van der Waals surface area contributed by atoms with Crippen LogP contribution < -0.4 is 10.6 Å². The molecule has 0 radical (unpaired) electrons. The molecule has 29 heavy (non-hydrogen) atoms. The summed E-state index contributed by atoms with van der Waals surface area (Å²) in [5, 5.41) is 16.8. The van der Waals surface area contributed by atoms with E-state index in [0.717, 1.165) is 11.1 Å². The highest BCUT2D eigenvalue weighted by Gasteiger charge is 2.19. The number of hydrogen-bond donors (Lipinski definition) is 2. The fourth-order valence-electron chi connectivity index (χ4n) is 2.86. The van der Waals surface area contributed by atoms with E-state index in [-0.39, 0.29) is 0 Å². The number of anilines is 2. The third kappa shape index (κ3) is 5.21. The number of benzene rings is 3. The van der Waals surface area contributed by atoms with Crippen LogP contribution in [0.4, 0.5) is 16.2 Å². The van der Waals surface area contributed by atoms with Crippen molar-refractivity contribution >= 4 is 52.2 Å². The van der Waals surface area contributed by atoms with Crippen LogP contribution in [0.15, 0.2) is 60.7 Å². The predicted molar refractivity (Wildman–Crippen MR) is 119 cm³/mol. The summed E-state index contributed by atoms with van der Waals surface area (Å²) in [7, 11) is 0. The highest BCUT2D eigenvalue weighted by Crippen LogP contribution is 2.34. The molecule has 0 aromatic heterocycles. The molecule has 0 unspecified atom stereocenters. The molecule has 0 spiro atoms. The molecule has 4 nitrogen and oxygen atoms in total. The zero-order valence-electron chi connectivity index (χ0n) is 15.3. The Morgan fingerprint density at radius 3 is 2.10 bits per heavy atom. The van der Waals surface area contributed by atoms with Crippen molar-refractivity contribution in [1.29, 1.82) is 5.26 Å². The van der Waals surface area contributed by atoms with Gasteiger partial charge in [0.2, 0.25) is 0 Å². The maximum atomic E-state index is 12.3. The van der Waals surface area contributed by atoms with Crippen molar-refractivity contribution in [3.8, 4) is 6.07 Å². The van der Waals surface area contributed by atoms with Gasteiger partial charge in [0.15, 0.2) is 0 Å². The van der Waals surface area contributed by atoms with Gasteiger partial charge in [0.25, 0.3) is 0 Å². The second kappa shape index (κ2) is 9.19. The number of hydrogen-bond acceptors (Lipinski definition) is 2. The topological polar surface area (TPSA) is 64.9 Å². The Balaban J connectivity index is 1.81. The molecule has 0 saturated carbocycles. The number of halogens is 3. The minimum absolute atomic E-state index is 0.388. The first-order valence-electron chi connectivity index (χ1n) is 8.66. The summed E-state index contributed by atoms with van der Waals surface area (Å²) in [5.41, 5.74) is 3.40. The van der Waals surface area contributed by atoms with Crippen molar-refractivity contribution in [1.82, 2.24) is 0 Å². The minimum Gasteiger partial charge on any atom is -0.308 e. The smallest absolute Gasteiger partial charge is 0.308 e. The number of amides is 2. The standard InChI is InChI=1S/C22H16Cl3N3O/c1-13-10-18(19(12-26)14-2-4-15(23)5-3-14)20(25)11-21(13)28-22(29)27-17-8-6-16(24)7-9-17/h2-11,19H,1H3,(H2,27,28,29)/t19-/m1/s1. The maximum absolute atomic E-state index is 12.3. The summed E-state index contributed by atoms with van der Waals surface area (Å²) in [6.07, 6.45) is 0. The zero-order valence-corrected chi connectivity index (χ0v) is 17.6. The van der Waals surface area contributed by atoms with E-state index in [0.29, 0.717) is 32.0 Å². The lowest BCUT2D eigenvalue weighted by Gasteiger charge is -2.16. The fraction of sp³-hybridized carbons (Fsp3) is 0.0909. The average molecular weight is 445 g/mol. The number of nitrogens with zero attached hydrogens (tertiary/aromatic N) is 1. The molecule has 0 bridgehead atoms. The summed E-state index contributed by atoms with van der Waals surface area (Å²) in [6.45, 7) is 1.84. The van der Waals surface area contributed by atoms with Gasteiger partial charge in [-0.05, 0) is 66.1 Å². The van der Waals surface area contributed by atoms with Gasteiger partial charge in [-0.2, -0.15) is 5.26 Å². The largest absolute Gasteiger partial charge is 0.323 e. The Bertz CT molecular complexity index is 1070. The number of carbonyl (C=O) groups is 1. The maximum Gasteiger partial charge on any atom is 0.323 e. The normalized spacial score (nSPS) is 11.4. The van der Waals surface area contributed by atoms with Crippen LogP contribution in [0.25, 0.3) is 0 Å². The van der Waals surface area contributed by atoms with E-state index in [1.807, 2.05) is 13.0 Å². The molecule has 3 aromatic carbocycles. The SMILES string of the molecule is Cc1cc([C@H](C#N)c2ccc(Cl)cc2)c(Cl)cc1NC(=O)Nc1ccc(Cl)cc1. The predicted octanol–water partition coefficient (Wildman–Crippen LogP) is 7.25. The fourth-order valence-corrected chi connectivity index (χ4v) is 3.38. The van der Waals surface area contributed by atoms with Gasteiger partial charge >= 0.3 is 6.03 Å². The van der Waals surface area contributed by atoms with Crippen molar-refractivity contribution in [3.05, 3.63) is 92.4 Å². The van der Waals surface area contributed by atoms with Crippen LogP contribution in [0.3, 0.4) is 0 Å². The second-order valence-corrected chi connectivity index (χ2v) is 7.67. The molecule has 0 heterocycles. The molecule has 7 heteroatoms. The second-order valence-electron chi connectivity index (χ2n) is 6.39. The van der Waals surface area contributed by atoms with Gasteiger partial charge in [-0.15, -0.1) is 0 Å². The lowest BCUT2D eigenvalue weighted by Crippen LogP contribution is -2.20. The lowest BCUT2D eigenvalue weighted by molar-refractivity contribution is 0.262. The number of nitrogens with one attached hydrogen (secondary N) is 2. The average Bonchev–Trinajstić information content (AvgIpc) is 2.69. The van der Waals surface area contributed by atoms with Crippen LogP contribution in [-0.2, 0) is 0 Å². The number of urea groups is 1. The van der Waals surface area contributed by atoms with E-state index < -0.39 is 11.9 Å². The Morgan fingerprint density at radius 2 is 1.52 bits per heavy atom.